The highest BCUT2D eigenvalue weighted by molar-refractivity contribution is 9.10. The number of para-hydroxylation sites is 1. The Hall–Kier alpha value is -0.870. The zero-order chi connectivity index (χ0) is 14.7. The molecule has 3 nitrogen and oxygen atoms in total. The second-order valence-electron chi connectivity index (χ2n) is 6.36. The number of nitrogens with one attached hydrogen (secondary N) is 1. The number of carbonyl (C=O) groups excluding carboxylic acids is 1. The number of benzene rings is 1. The SMILES string of the molecule is O=C(CN1CC[C@@H]2CCCC[C@@H]2C1)Nc1ccccc1Br. The molecule has 0 spiro atoms. The van der Waals surface area contributed by atoms with Crippen molar-refractivity contribution in [2.75, 3.05) is 25.0 Å². The molecule has 3 rings (SSSR count). The Morgan fingerprint density at radius 1 is 1.19 bits per heavy atom. The molecule has 0 bridgehead atoms. The summed E-state index contributed by atoms with van der Waals surface area (Å²) in [6.07, 6.45) is 6.81. The molecule has 2 fully saturated rings. The Bertz CT molecular complexity index is 505. The van der Waals surface area contributed by atoms with Crippen molar-refractivity contribution in [3.8, 4) is 0 Å². The second kappa shape index (κ2) is 6.93. The lowest BCUT2D eigenvalue weighted by atomic mass is 9.75. The number of hydrogen-bond acceptors (Lipinski definition) is 2. The minimum Gasteiger partial charge on any atom is -0.324 e. The summed E-state index contributed by atoms with van der Waals surface area (Å²) in [5.41, 5.74) is 0.857. The average molecular weight is 351 g/mol. The summed E-state index contributed by atoms with van der Waals surface area (Å²) in [6.45, 7) is 2.70. The Kier molecular flexibility index (Phi) is 4.96. The molecule has 0 aromatic heterocycles. The Balaban J connectivity index is 1.52. The molecule has 4 heteroatoms. The average Bonchev–Trinajstić information content (AvgIpc) is 2.49. The summed E-state index contributed by atoms with van der Waals surface area (Å²) in [5, 5.41) is 3.00. The summed E-state index contributed by atoms with van der Waals surface area (Å²) in [4.78, 5) is 14.6. The van der Waals surface area contributed by atoms with Gasteiger partial charge in [-0.15, -0.1) is 0 Å². The van der Waals surface area contributed by atoms with Crippen molar-refractivity contribution in [1.29, 1.82) is 0 Å². The minimum atomic E-state index is 0.0937. The van der Waals surface area contributed by atoms with Gasteiger partial charge in [-0.2, -0.15) is 0 Å². The van der Waals surface area contributed by atoms with Crippen molar-refractivity contribution >= 4 is 27.5 Å². The van der Waals surface area contributed by atoms with Crippen LogP contribution < -0.4 is 5.32 Å². The van der Waals surface area contributed by atoms with Crippen LogP contribution in [0.3, 0.4) is 0 Å². The van der Waals surface area contributed by atoms with Gasteiger partial charge in [-0.3, -0.25) is 9.69 Å². The van der Waals surface area contributed by atoms with Gasteiger partial charge in [0.2, 0.25) is 5.91 Å². The zero-order valence-electron chi connectivity index (χ0n) is 12.4. The molecule has 1 aliphatic carbocycles. The summed E-state index contributed by atoms with van der Waals surface area (Å²) >= 11 is 3.47. The molecule has 1 saturated heterocycles. The van der Waals surface area contributed by atoms with Gasteiger partial charge in [0.25, 0.3) is 0 Å². The van der Waals surface area contributed by atoms with E-state index in [9.17, 15) is 4.79 Å². The number of anilines is 1. The number of amides is 1. The van der Waals surface area contributed by atoms with E-state index in [2.05, 4.69) is 26.1 Å². The van der Waals surface area contributed by atoms with E-state index in [0.717, 1.165) is 35.1 Å². The van der Waals surface area contributed by atoms with Crippen LogP contribution in [0.1, 0.15) is 32.1 Å². The third-order valence-corrected chi connectivity index (χ3v) is 5.58. The van der Waals surface area contributed by atoms with Gasteiger partial charge in [0.1, 0.15) is 0 Å². The number of hydrogen-bond donors (Lipinski definition) is 1. The third-order valence-electron chi connectivity index (χ3n) is 4.89. The third kappa shape index (κ3) is 3.86. The lowest BCUT2D eigenvalue weighted by Crippen LogP contribution is -2.44. The molecule has 1 saturated carbocycles. The molecule has 1 amide bonds. The largest absolute Gasteiger partial charge is 0.324 e. The van der Waals surface area contributed by atoms with Crippen molar-refractivity contribution in [3.63, 3.8) is 0 Å². The van der Waals surface area contributed by atoms with Gasteiger partial charge in [-0.25, -0.2) is 0 Å². The molecular weight excluding hydrogens is 328 g/mol. The lowest BCUT2D eigenvalue weighted by Gasteiger charge is -2.41. The summed E-state index contributed by atoms with van der Waals surface area (Å²) < 4.78 is 0.935. The van der Waals surface area contributed by atoms with E-state index in [1.54, 1.807) is 0 Å². The van der Waals surface area contributed by atoms with Crippen LogP contribution in [0.5, 0.6) is 0 Å². The van der Waals surface area contributed by atoms with Crippen molar-refractivity contribution in [2.24, 2.45) is 11.8 Å². The first-order valence-corrected chi connectivity index (χ1v) is 8.78. The van der Waals surface area contributed by atoms with Crippen LogP contribution in [-0.4, -0.2) is 30.4 Å². The number of likely N-dealkylation sites (tertiary alicyclic amines) is 1. The number of nitrogens with zero attached hydrogens (tertiary/aromatic N) is 1. The van der Waals surface area contributed by atoms with E-state index >= 15 is 0 Å². The normalized spacial score (nSPS) is 26.1. The van der Waals surface area contributed by atoms with E-state index in [1.165, 1.54) is 32.1 Å². The van der Waals surface area contributed by atoms with E-state index < -0.39 is 0 Å². The van der Waals surface area contributed by atoms with Gasteiger partial charge < -0.3 is 5.32 Å². The maximum atomic E-state index is 12.2. The van der Waals surface area contributed by atoms with Crippen LogP contribution >= 0.6 is 15.9 Å². The van der Waals surface area contributed by atoms with Crippen molar-refractivity contribution in [3.05, 3.63) is 28.7 Å². The molecule has 114 valence electrons. The predicted octanol–water partition coefficient (Wildman–Crippen LogP) is 3.90. The first-order chi connectivity index (χ1) is 10.2. The van der Waals surface area contributed by atoms with Crippen molar-refractivity contribution < 1.29 is 4.79 Å². The first-order valence-electron chi connectivity index (χ1n) is 7.99. The van der Waals surface area contributed by atoms with Crippen molar-refractivity contribution in [1.82, 2.24) is 4.90 Å². The van der Waals surface area contributed by atoms with E-state index in [4.69, 9.17) is 0 Å². The number of piperidine rings is 1. The fraction of sp³-hybridized carbons (Fsp3) is 0.588. The lowest BCUT2D eigenvalue weighted by molar-refractivity contribution is -0.118. The highest BCUT2D eigenvalue weighted by Gasteiger charge is 2.31. The molecule has 21 heavy (non-hydrogen) atoms. The summed E-state index contributed by atoms with van der Waals surface area (Å²) in [6, 6.07) is 7.76. The molecule has 0 radical (unpaired) electrons. The van der Waals surface area contributed by atoms with E-state index in [0.29, 0.717) is 6.54 Å². The van der Waals surface area contributed by atoms with E-state index in [-0.39, 0.29) is 5.91 Å². The Morgan fingerprint density at radius 2 is 1.95 bits per heavy atom. The molecule has 1 aromatic carbocycles. The molecule has 1 heterocycles. The predicted molar refractivity (Wildman–Crippen MR) is 89.3 cm³/mol. The number of carbonyl (C=O) groups is 1. The molecule has 2 atom stereocenters. The topological polar surface area (TPSA) is 32.3 Å². The maximum Gasteiger partial charge on any atom is 0.238 e. The molecule has 2 aliphatic rings. The molecule has 0 unspecified atom stereocenters. The van der Waals surface area contributed by atoms with Crippen LogP contribution in [0.4, 0.5) is 5.69 Å². The first kappa shape index (κ1) is 15.0. The minimum absolute atomic E-state index is 0.0937. The number of halogens is 1. The fourth-order valence-corrected chi connectivity index (χ4v) is 4.16. The standard InChI is InChI=1S/C17H23BrN2O/c18-15-7-3-4-8-16(15)19-17(21)12-20-10-9-13-5-1-2-6-14(13)11-20/h3-4,7-8,13-14H,1-2,5-6,9-12H2,(H,19,21)/t13-,14+/m0/s1. The van der Waals surface area contributed by atoms with Gasteiger partial charge in [-0.1, -0.05) is 31.4 Å². The quantitative estimate of drug-likeness (QED) is 0.896. The second-order valence-corrected chi connectivity index (χ2v) is 7.21. The number of fused-ring (bicyclic) bond motifs is 1. The van der Waals surface area contributed by atoms with Gasteiger partial charge in [0.05, 0.1) is 12.2 Å². The number of rotatable bonds is 3. The van der Waals surface area contributed by atoms with Crippen LogP contribution in [0.25, 0.3) is 0 Å². The van der Waals surface area contributed by atoms with Crippen molar-refractivity contribution in [2.45, 2.75) is 32.1 Å². The molecule has 1 N–H and O–H groups in total. The Morgan fingerprint density at radius 3 is 2.76 bits per heavy atom. The Labute approximate surface area is 135 Å². The van der Waals surface area contributed by atoms with Gasteiger partial charge in [-0.05, 0) is 59.3 Å². The molecule has 1 aliphatic heterocycles. The van der Waals surface area contributed by atoms with E-state index in [1.807, 2.05) is 24.3 Å². The molecule has 1 aromatic rings. The zero-order valence-corrected chi connectivity index (χ0v) is 13.9. The van der Waals surface area contributed by atoms with Gasteiger partial charge in [0.15, 0.2) is 0 Å². The maximum absolute atomic E-state index is 12.2. The van der Waals surface area contributed by atoms with Gasteiger partial charge >= 0.3 is 0 Å². The highest BCUT2D eigenvalue weighted by atomic mass is 79.9. The van der Waals surface area contributed by atoms with Gasteiger partial charge in [0, 0.05) is 11.0 Å². The van der Waals surface area contributed by atoms with Crippen LogP contribution in [0.2, 0.25) is 0 Å². The van der Waals surface area contributed by atoms with Crippen LogP contribution in [0, 0.1) is 11.8 Å². The van der Waals surface area contributed by atoms with Crippen LogP contribution in [0.15, 0.2) is 28.7 Å². The molecular formula is C17H23BrN2O. The fourth-order valence-electron chi connectivity index (χ4n) is 3.78. The van der Waals surface area contributed by atoms with Crippen LogP contribution in [-0.2, 0) is 4.79 Å². The summed E-state index contributed by atoms with van der Waals surface area (Å²) in [7, 11) is 0. The monoisotopic (exact) mass is 350 g/mol. The summed E-state index contributed by atoms with van der Waals surface area (Å²) in [5.74, 6) is 1.83. The smallest absolute Gasteiger partial charge is 0.238 e. The highest BCUT2D eigenvalue weighted by Crippen LogP contribution is 2.35.